The van der Waals surface area contributed by atoms with Crippen molar-refractivity contribution in [3.63, 3.8) is 0 Å². The van der Waals surface area contributed by atoms with Crippen LogP contribution in [0.1, 0.15) is 59.8 Å². The van der Waals surface area contributed by atoms with Crippen molar-refractivity contribution in [3.8, 4) is 28.6 Å². The number of nitrogens with two attached hydrogens (primary N) is 2. The van der Waals surface area contributed by atoms with Crippen molar-refractivity contribution in [1.29, 1.82) is 0 Å². The molecule has 2 atom stereocenters. The quantitative estimate of drug-likeness (QED) is 0.178. The summed E-state index contributed by atoms with van der Waals surface area (Å²) in [5.41, 5.74) is 7.80. The van der Waals surface area contributed by atoms with Crippen LogP contribution < -0.4 is 31.0 Å². The molecule has 0 bridgehead atoms. The standard InChI is InChI=1S/C32H34ClFN6O6/c1-30(29(36)42)15-46-26-20(30)12-22(40-25(26)19-6-9-37-28(45-3)23(19)33)32(43,31(34)7-8-31)14-39-27(41)16-10-17(13-38-18-4-5-18)24(35)21(11-16)44-2/h6,9-13,18,43H,4-5,7-8,14-15,35H2,1-3H3,(H2,36,42)(H,39,41)/t30-,32-/m0/s1. The van der Waals surface area contributed by atoms with Gasteiger partial charge in [-0.2, -0.15) is 0 Å². The summed E-state index contributed by atoms with van der Waals surface area (Å²) in [7, 11) is 2.83. The third-order valence-electron chi connectivity index (χ3n) is 8.91. The van der Waals surface area contributed by atoms with Gasteiger partial charge in [0.05, 0.1) is 38.2 Å². The molecule has 1 aromatic carbocycles. The van der Waals surface area contributed by atoms with Crippen LogP contribution in [0.5, 0.6) is 17.4 Å². The Hall–Kier alpha value is -4.49. The van der Waals surface area contributed by atoms with Crippen LogP contribution in [0, 0.1) is 0 Å². The minimum Gasteiger partial charge on any atom is -0.495 e. The molecule has 46 heavy (non-hydrogen) atoms. The number of fused-ring (bicyclic) bond motifs is 1. The van der Waals surface area contributed by atoms with Crippen molar-refractivity contribution in [1.82, 2.24) is 15.3 Å². The molecule has 2 aromatic heterocycles. The minimum atomic E-state index is -2.33. The van der Waals surface area contributed by atoms with E-state index in [0.29, 0.717) is 22.4 Å². The summed E-state index contributed by atoms with van der Waals surface area (Å²) < 4.78 is 32.9. The van der Waals surface area contributed by atoms with Crippen molar-refractivity contribution >= 4 is 35.3 Å². The minimum absolute atomic E-state index is 0.0123. The summed E-state index contributed by atoms with van der Waals surface area (Å²) in [5.74, 6) is -0.739. The van der Waals surface area contributed by atoms with E-state index in [1.807, 2.05) is 0 Å². The van der Waals surface area contributed by atoms with E-state index in [9.17, 15) is 14.7 Å². The Bertz CT molecular complexity index is 1780. The van der Waals surface area contributed by atoms with Gasteiger partial charge in [-0.05, 0) is 56.9 Å². The molecule has 6 N–H and O–H groups in total. The van der Waals surface area contributed by atoms with Gasteiger partial charge in [-0.1, -0.05) is 11.6 Å². The molecule has 2 aliphatic carbocycles. The molecule has 1 aliphatic heterocycles. The van der Waals surface area contributed by atoms with Crippen molar-refractivity contribution in [2.45, 2.75) is 55.3 Å². The lowest BCUT2D eigenvalue weighted by atomic mass is 9.81. The van der Waals surface area contributed by atoms with Crippen molar-refractivity contribution in [2.75, 3.05) is 33.1 Å². The maximum atomic E-state index is 16.3. The van der Waals surface area contributed by atoms with E-state index in [2.05, 4.69) is 20.3 Å². The fraction of sp³-hybridized carbons (Fsp3) is 0.406. The number of aromatic nitrogens is 2. The van der Waals surface area contributed by atoms with Gasteiger partial charge in [-0.3, -0.25) is 14.6 Å². The van der Waals surface area contributed by atoms with Crippen LogP contribution in [0.2, 0.25) is 5.02 Å². The molecule has 14 heteroatoms. The molecule has 0 unspecified atom stereocenters. The number of hydrogen-bond donors (Lipinski definition) is 4. The predicted molar refractivity (Wildman–Crippen MR) is 168 cm³/mol. The second-order valence-electron chi connectivity index (χ2n) is 12.1. The molecule has 0 radical (unpaired) electrons. The number of carbonyl (C=O) groups excluding carboxylic acids is 2. The summed E-state index contributed by atoms with van der Waals surface area (Å²) in [6.07, 6.45) is 5.05. The molecule has 2 amide bonds. The van der Waals surface area contributed by atoms with Gasteiger partial charge in [0.25, 0.3) is 5.91 Å². The fourth-order valence-corrected chi connectivity index (χ4v) is 5.79. The summed E-state index contributed by atoms with van der Waals surface area (Å²) in [5, 5.41) is 14.9. The highest BCUT2D eigenvalue weighted by atomic mass is 35.5. The Balaban J connectivity index is 1.42. The number of anilines is 1. The number of rotatable bonds is 11. The highest BCUT2D eigenvalue weighted by Gasteiger charge is 2.62. The molecule has 6 rings (SSSR count). The largest absolute Gasteiger partial charge is 0.495 e. The summed E-state index contributed by atoms with van der Waals surface area (Å²) >= 11 is 6.61. The topological polar surface area (TPSA) is 184 Å². The zero-order valence-electron chi connectivity index (χ0n) is 25.5. The molecule has 3 aromatic rings. The number of benzene rings is 1. The van der Waals surface area contributed by atoms with Crippen molar-refractivity contribution in [2.24, 2.45) is 10.7 Å². The second-order valence-corrected chi connectivity index (χ2v) is 12.5. The van der Waals surface area contributed by atoms with Gasteiger partial charge in [-0.25, -0.2) is 14.4 Å². The Kier molecular flexibility index (Phi) is 7.80. The second kappa shape index (κ2) is 11.4. The van der Waals surface area contributed by atoms with Gasteiger partial charge < -0.3 is 36.1 Å². The molecule has 0 saturated heterocycles. The number of primary amides is 1. The first-order chi connectivity index (χ1) is 21.8. The molecule has 3 heterocycles. The number of pyridine rings is 2. The Morgan fingerprint density at radius 1 is 1.28 bits per heavy atom. The third kappa shape index (κ3) is 5.26. The number of nitrogen functional groups attached to an aromatic ring is 1. The lowest BCUT2D eigenvalue weighted by Gasteiger charge is -2.33. The number of alkyl halides is 1. The first kappa shape index (κ1) is 31.5. The van der Waals surface area contributed by atoms with E-state index in [4.69, 9.17) is 37.3 Å². The van der Waals surface area contributed by atoms with E-state index in [1.165, 1.54) is 32.5 Å². The molecule has 2 fully saturated rings. The van der Waals surface area contributed by atoms with Crippen LogP contribution in [0.3, 0.4) is 0 Å². The van der Waals surface area contributed by atoms with Gasteiger partial charge in [-0.15, -0.1) is 0 Å². The average Bonchev–Trinajstić information content (AvgIpc) is 3.98. The number of halogens is 2. The van der Waals surface area contributed by atoms with Crippen LogP contribution in [0.15, 0.2) is 35.5 Å². The zero-order valence-corrected chi connectivity index (χ0v) is 26.3. The molecular weight excluding hydrogens is 619 g/mol. The summed E-state index contributed by atoms with van der Waals surface area (Å²) in [6, 6.07) is 6.21. The lowest BCUT2D eigenvalue weighted by molar-refractivity contribution is -0.123. The van der Waals surface area contributed by atoms with Crippen LogP contribution in [0.25, 0.3) is 11.3 Å². The Labute approximate surface area is 269 Å². The van der Waals surface area contributed by atoms with Gasteiger partial charge in [0, 0.05) is 34.7 Å². The monoisotopic (exact) mass is 652 g/mol. The van der Waals surface area contributed by atoms with Crippen molar-refractivity contribution in [3.05, 3.63) is 57.9 Å². The molecule has 3 aliphatic rings. The Morgan fingerprint density at radius 2 is 2.02 bits per heavy atom. The smallest absolute Gasteiger partial charge is 0.251 e. The van der Waals surface area contributed by atoms with Crippen molar-refractivity contribution < 1.29 is 33.3 Å². The van der Waals surface area contributed by atoms with E-state index in [-0.39, 0.29) is 64.8 Å². The van der Waals surface area contributed by atoms with E-state index in [0.717, 1.165) is 12.8 Å². The number of carbonyl (C=O) groups is 2. The van der Waals surface area contributed by atoms with Crippen LogP contribution in [0.4, 0.5) is 10.1 Å². The number of nitrogens with zero attached hydrogens (tertiary/aromatic N) is 3. The predicted octanol–water partition coefficient (Wildman–Crippen LogP) is 3.23. The van der Waals surface area contributed by atoms with E-state index >= 15 is 4.39 Å². The molecule has 0 spiro atoms. The summed E-state index contributed by atoms with van der Waals surface area (Å²) in [6.45, 7) is 0.912. The van der Waals surface area contributed by atoms with Crippen LogP contribution >= 0.6 is 11.6 Å². The SMILES string of the molecule is COc1cc(C(=O)NC[C@](O)(c2cc3c(c(-c4ccnc(OC)c4Cl)n2)OC[C@]3(C)C(N)=O)C2(F)CC2)cc(C=NC2CC2)c1N. The maximum Gasteiger partial charge on any atom is 0.251 e. The normalized spacial score (nSPS) is 20.8. The maximum absolute atomic E-state index is 16.3. The van der Waals surface area contributed by atoms with E-state index in [1.54, 1.807) is 25.3 Å². The number of nitrogens with one attached hydrogen (secondary N) is 1. The number of hydrogen-bond acceptors (Lipinski definition) is 10. The molecule has 12 nitrogen and oxygen atoms in total. The number of aliphatic imine (C=N–C) groups is 1. The number of aliphatic hydroxyl groups is 1. The zero-order chi connectivity index (χ0) is 33.0. The van der Waals surface area contributed by atoms with Gasteiger partial charge >= 0.3 is 0 Å². The van der Waals surface area contributed by atoms with E-state index < -0.39 is 35.0 Å². The van der Waals surface area contributed by atoms with Gasteiger partial charge in [0.2, 0.25) is 11.8 Å². The molecule has 2 saturated carbocycles. The lowest BCUT2D eigenvalue weighted by Crippen LogP contribution is -2.49. The first-order valence-corrected chi connectivity index (χ1v) is 15.1. The molecule has 242 valence electrons. The Morgan fingerprint density at radius 3 is 2.65 bits per heavy atom. The molecular formula is C32H34ClFN6O6. The number of amides is 2. The van der Waals surface area contributed by atoms with Crippen LogP contribution in [-0.4, -0.2) is 72.2 Å². The fourth-order valence-electron chi connectivity index (χ4n) is 5.51. The number of ether oxygens (including phenoxy) is 3. The highest BCUT2D eigenvalue weighted by Crippen LogP contribution is 2.55. The third-order valence-corrected chi connectivity index (χ3v) is 9.27. The van der Waals surface area contributed by atoms with Gasteiger partial charge in [0.1, 0.15) is 39.9 Å². The van der Waals surface area contributed by atoms with Crippen LogP contribution in [-0.2, 0) is 15.8 Å². The van der Waals surface area contributed by atoms with Gasteiger partial charge in [0.15, 0.2) is 5.60 Å². The number of methoxy groups -OCH3 is 2. The highest BCUT2D eigenvalue weighted by molar-refractivity contribution is 6.34. The summed E-state index contributed by atoms with van der Waals surface area (Å²) in [4.78, 5) is 39.4. The average molecular weight is 653 g/mol. The first-order valence-electron chi connectivity index (χ1n) is 14.7.